The van der Waals surface area contributed by atoms with Crippen molar-refractivity contribution in [1.82, 2.24) is 9.78 Å². The van der Waals surface area contributed by atoms with E-state index in [0.29, 0.717) is 29.9 Å². The van der Waals surface area contributed by atoms with Gasteiger partial charge in [-0.15, -0.1) is 0 Å². The summed E-state index contributed by atoms with van der Waals surface area (Å²) in [5.41, 5.74) is 9.16. The van der Waals surface area contributed by atoms with E-state index in [-0.39, 0.29) is 13.0 Å². The van der Waals surface area contributed by atoms with Crippen molar-refractivity contribution >= 4 is 5.69 Å². The SMILES string of the molecule is CCCc1nn(CC(F)(F)F)c(CCO)c1Cc1ccc(N)cc1. The molecular formula is C17H22F3N3O. The van der Waals surface area contributed by atoms with Crippen LogP contribution in [0.5, 0.6) is 0 Å². The first kappa shape index (κ1) is 18.3. The van der Waals surface area contributed by atoms with E-state index in [2.05, 4.69) is 5.10 Å². The molecule has 1 aromatic heterocycles. The third-order valence-corrected chi connectivity index (χ3v) is 3.77. The quantitative estimate of drug-likeness (QED) is 0.761. The Kier molecular flexibility index (Phi) is 5.88. The number of nitrogens with two attached hydrogens (primary N) is 1. The molecule has 3 N–H and O–H groups in total. The van der Waals surface area contributed by atoms with Crippen LogP contribution in [0, 0.1) is 0 Å². The second kappa shape index (κ2) is 7.70. The topological polar surface area (TPSA) is 64.1 Å². The maximum Gasteiger partial charge on any atom is 0.408 e. The molecule has 0 spiro atoms. The first-order valence-corrected chi connectivity index (χ1v) is 7.93. The van der Waals surface area contributed by atoms with E-state index in [4.69, 9.17) is 5.73 Å². The van der Waals surface area contributed by atoms with E-state index in [0.717, 1.165) is 22.2 Å². The van der Waals surface area contributed by atoms with Crippen molar-refractivity contribution in [1.29, 1.82) is 0 Å². The minimum atomic E-state index is -4.35. The Labute approximate surface area is 139 Å². The zero-order valence-corrected chi connectivity index (χ0v) is 13.6. The van der Waals surface area contributed by atoms with E-state index in [1.54, 1.807) is 12.1 Å². The van der Waals surface area contributed by atoms with E-state index in [1.807, 2.05) is 19.1 Å². The normalized spacial score (nSPS) is 11.9. The summed E-state index contributed by atoms with van der Waals surface area (Å²) < 4.78 is 39.5. The van der Waals surface area contributed by atoms with Gasteiger partial charge in [-0.1, -0.05) is 25.5 Å². The average molecular weight is 341 g/mol. The van der Waals surface area contributed by atoms with Gasteiger partial charge in [0.25, 0.3) is 0 Å². The molecule has 0 saturated carbocycles. The third kappa shape index (κ3) is 4.74. The lowest BCUT2D eigenvalue weighted by Gasteiger charge is -2.11. The van der Waals surface area contributed by atoms with E-state index < -0.39 is 12.7 Å². The molecule has 0 aliphatic rings. The van der Waals surface area contributed by atoms with Crippen LogP contribution in [0.25, 0.3) is 0 Å². The Morgan fingerprint density at radius 2 is 1.83 bits per heavy atom. The molecular weight excluding hydrogens is 319 g/mol. The van der Waals surface area contributed by atoms with Gasteiger partial charge in [-0.3, -0.25) is 4.68 Å². The molecule has 0 atom stereocenters. The smallest absolute Gasteiger partial charge is 0.399 e. The number of rotatable bonds is 7. The minimum Gasteiger partial charge on any atom is -0.399 e. The van der Waals surface area contributed by atoms with Crippen molar-refractivity contribution in [3.8, 4) is 0 Å². The molecule has 24 heavy (non-hydrogen) atoms. The van der Waals surface area contributed by atoms with E-state index >= 15 is 0 Å². The summed E-state index contributed by atoms with van der Waals surface area (Å²) in [7, 11) is 0. The number of aryl methyl sites for hydroxylation is 1. The van der Waals surface area contributed by atoms with E-state index in [1.165, 1.54) is 0 Å². The number of benzene rings is 1. The lowest BCUT2D eigenvalue weighted by Crippen LogP contribution is -2.21. The zero-order valence-electron chi connectivity index (χ0n) is 13.6. The predicted molar refractivity (Wildman–Crippen MR) is 86.7 cm³/mol. The Bertz CT molecular complexity index is 663. The van der Waals surface area contributed by atoms with Gasteiger partial charge in [0.15, 0.2) is 0 Å². The summed E-state index contributed by atoms with van der Waals surface area (Å²) in [6, 6.07) is 7.24. The highest BCUT2D eigenvalue weighted by Crippen LogP contribution is 2.25. The van der Waals surface area contributed by atoms with Crippen LogP contribution in [0.1, 0.15) is 35.9 Å². The first-order chi connectivity index (χ1) is 11.3. The number of aliphatic hydroxyl groups excluding tert-OH is 1. The van der Waals surface area contributed by atoms with Crippen LogP contribution >= 0.6 is 0 Å². The van der Waals surface area contributed by atoms with Gasteiger partial charge in [0.1, 0.15) is 6.54 Å². The Hall–Kier alpha value is -2.02. The van der Waals surface area contributed by atoms with Gasteiger partial charge in [-0.2, -0.15) is 18.3 Å². The highest BCUT2D eigenvalue weighted by Gasteiger charge is 2.31. The van der Waals surface area contributed by atoms with E-state index in [9.17, 15) is 18.3 Å². The molecule has 2 aromatic rings. The average Bonchev–Trinajstić information content (AvgIpc) is 2.78. The number of aromatic nitrogens is 2. The van der Waals surface area contributed by atoms with Crippen molar-refractivity contribution in [2.75, 3.05) is 12.3 Å². The van der Waals surface area contributed by atoms with Crippen molar-refractivity contribution < 1.29 is 18.3 Å². The molecule has 0 unspecified atom stereocenters. The predicted octanol–water partition coefficient (Wildman–Crippen LogP) is 3.11. The summed E-state index contributed by atoms with van der Waals surface area (Å²) in [6.45, 7) is 0.603. The molecule has 1 heterocycles. The number of anilines is 1. The molecule has 0 radical (unpaired) electrons. The molecule has 0 bridgehead atoms. The standard InChI is InChI=1S/C17H22F3N3O/c1-2-3-15-14(10-12-4-6-13(21)7-5-12)16(8-9-24)23(22-15)11-17(18,19)20/h4-7,24H,2-3,8-11,21H2,1H3. The number of aliphatic hydroxyl groups is 1. The number of nitrogens with zero attached hydrogens (tertiary/aromatic N) is 2. The fourth-order valence-electron chi connectivity index (χ4n) is 2.76. The van der Waals surface area contributed by atoms with Crippen LogP contribution in [0.4, 0.5) is 18.9 Å². The zero-order chi connectivity index (χ0) is 17.7. The number of halogens is 3. The molecule has 0 amide bonds. The van der Waals surface area contributed by atoms with Crippen LogP contribution < -0.4 is 5.73 Å². The largest absolute Gasteiger partial charge is 0.408 e. The molecule has 0 fully saturated rings. The van der Waals surface area contributed by atoms with Gasteiger partial charge in [0.05, 0.1) is 5.69 Å². The molecule has 0 saturated heterocycles. The molecule has 132 valence electrons. The maximum atomic E-state index is 12.8. The Balaban J connectivity index is 2.42. The van der Waals surface area contributed by atoms with Crippen molar-refractivity contribution in [3.05, 3.63) is 46.8 Å². The monoisotopic (exact) mass is 341 g/mol. The first-order valence-electron chi connectivity index (χ1n) is 7.93. The Morgan fingerprint density at radius 1 is 1.17 bits per heavy atom. The second-order valence-corrected chi connectivity index (χ2v) is 5.79. The van der Waals surface area contributed by atoms with Gasteiger partial charge in [-0.05, 0) is 24.1 Å². The number of hydrogen-bond acceptors (Lipinski definition) is 3. The second-order valence-electron chi connectivity index (χ2n) is 5.79. The fraction of sp³-hybridized carbons (Fsp3) is 0.471. The number of hydrogen-bond donors (Lipinski definition) is 2. The molecule has 2 rings (SSSR count). The molecule has 0 aliphatic heterocycles. The van der Waals surface area contributed by atoms with Crippen molar-refractivity contribution in [2.24, 2.45) is 0 Å². The van der Waals surface area contributed by atoms with Crippen LogP contribution in [0.3, 0.4) is 0 Å². The van der Waals surface area contributed by atoms with Crippen molar-refractivity contribution in [2.45, 2.75) is 45.3 Å². The highest BCUT2D eigenvalue weighted by molar-refractivity contribution is 5.42. The van der Waals surface area contributed by atoms with Gasteiger partial charge in [0, 0.05) is 36.4 Å². The lowest BCUT2D eigenvalue weighted by molar-refractivity contribution is -0.143. The summed E-state index contributed by atoms with van der Waals surface area (Å²) in [5.74, 6) is 0. The molecule has 7 heteroatoms. The minimum absolute atomic E-state index is 0.150. The van der Waals surface area contributed by atoms with Gasteiger partial charge in [-0.25, -0.2) is 0 Å². The Morgan fingerprint density at radius 3 is 2.38 bits per heavy atom. The van der Waals surface area contributed by atoms with Crippen molar-refractivity contribution in [3.63, 3.8) is 0 Å². The molecule has 4 nitrogen and oxygen atoms in total. The summed E-state index contributed by atoms with van der Waals surface area (Å²) in [5, 5.41) is 13.4. The third-order valence-electron chi connectivity index (χ3n) is 3.77. The van der Waals surface area contributed by atoms with Gasteiger partial charge in [0.2, 0.25) is 0 Å². The fourth-order valence-corrected chi connectivity index (χ4v) is 2.76. The van der Waals surface area contributed by atoms with Crippen LogP contribution in [0.15, 0.2) is 24.3 Å². The number of alkyl halides is 3. The lowest BCUT2D eigenvalue weighted by atomic mass is 9.99. The van der Waals surface area contributed by atoms with Crippen LogP contribution in [0.2, 0.25) is 0 Å². The molecule has 0 aliphatic carbocycles. The highest BCUT2D eigenvalue weighted by atomic mass is 19.4. The van der Waals surface area contributed by atoms with Gasteiger partial charge >= 0.3 is 6.18 Å². The summed E-state index contributed by atoms with van der Waals surface area (Å²) in [6.07, 6.45) is -2.33. The summed E-state index contributed by atoms with van der Waals surface area (Å²) >= 11 is 0. The maximum absolute atomic E-state index is 12.8. The summed E-state index contributed by atoms with van der Waals surface area (Å²) in [4.78, 5) is 0. The number of nitrogen functional groups attached to an aromatic ring is 1. The molecule has 1 aromatic carbocycles. The van der Waals surface area contributed by atoms with Crippen LogP contribution in [-0.4, -0.2) is 27.7 Å². The van der Waals surface area contributed by atoms with Crippen LogP contribution in [-0.2, 0) is 25.8 Å². The van der Waals surface area contributed by atoms with Gasteiger partial charge < -0.3 is 10.8 Å².